The van der Waals surface area contributed by atoms with Crippen molar-refractivity contribution in [1.82, 2.24) is 10.6 Å². The van der Waals surface area contributed by atoms with Crippen molar-refractivity contribution >= 4 is 23.4 Å². The van der Waals surface area contributed by atoms with E-state index in [-0.39, 0.29) is 0 Å². The van der Waals surface area contributed by atoms with Gasteiger partial charge in [0.25, 0.3) is 5.69 Å². The van der Waals surface area contributed by atoms with Crippen LogP contribution in [0.25, 0.3) is 0 Å². The fourth-order valence-electron chi connectivity index (χ4n) is 1.40. The van der Waals surface area contributed by atoms with Gasteiger partial charge in [0.1, 0.15) is 0 Å². The van der Waals surface area contributed by atoms with Gasteiger partial charge in [0.05, 0.1) is 4.92 Å². The number of guanidine groups is 1. The maximum atomic E-state index is 13.6. The molecule has 9 heteroatoms. The highest BCUT2D eigenvalue weighted by atomic mass is 19.1. The molecular weight excluding hydrogens is 281 g/mol. The number of aliphatic imine (C=N–C) groups is 1. The van der Waals surface area contributed by atoms with Crippen molar-refractivity contribution in [2.24, 2.45) is 10.7 Å². The van der Waals surface area contributed by atoms with E-state index in [0.717, 1.165) is 12.1 Å². The first-order chi connectivity index (χ1) is 9.60. The first-order valence-corrected chi connectivity index (χ1v) is 5.96. The summed E-state index contributed by atoms with van der Waals surface area (Å²) in [7, 11) is 0. The lowest BCUT2D eigenvalue weighted by Gasteiger charge is -2.20. The molecular formula is C12H16FN5O3. The maximum absolute atomic E-state index is 13.6. The molecule has 2 amide bonds. The molecule has 0 heterocycles. The number of hydrogen-bond donors (Lipinski definition) is 3. The van der Waals surface area contributed by atoms with E-state index in [1.807, 2.05) is 0 Å². The van der Waals surface area contributed by atoms with Crippen LogP contribution in [0.15, 0.2) is 23.2 Å². The Morgan fingerprint density at radius 3 is 2.57 bits per heavy atom. The fraction of sp³-hybridized carbons (Fsp3) is 0.333. The molecule has 0 aliphatic carbocycles. The van der Waals surface area contributed by atoms with Gasteiger partial charge in [-0.15, -0.1) is 0 Å². The number of rotatable bonds is 2. The molecule has 0 radical (unpaired) electrons. The van der Waals surface area contributed by atoms with Crippen molar-refractivity contribution < 1.29 is 14.1 Å². The number of carbonyl (C=O) groups is 1. The van der Waals surface area contributed by atoms with Crippen LogP contribution in [0.3, 0.4) is 0 Å². The number of nitrogens with two attached hydrogens (primary N) is 1. The third-order valence-electron chi connectivity index (χ3n) is 2.12. The van der Waals surface area contributed by atoms with Gasteiger partial charge < -0.3 is 11.1 Å². The summed E-state index contributed by atoms with van der Waals surface area (Å²) in [6.07, 6.45) is 0. The monoisotopic (exact) mass is 297 g/mol. The second-order valence-corrected chi connectivity index (χ2v) is 5.19. The summed E-state index contributed by atoms with van der Waals surface area (Å²) < 4.78 is 13.6. The van der Waals surface area contributed by atoms with Gasteiger partial charge in [-0.25, -0.2) is 14.2 Å². The number of benzene rings is 1. The highest BCUT2D eigenvalue weighted by molar-refractivity contribution is 5.97. The summed E-state index contributed by atoms with van der Waals surface area (Å²) in [5.41, 5.74) is 3.86. The second-order valence-electron chi connectivity index (χ2n) is 5.19. The van der Waals surface area contributed by atoms with Crippen LogP contribution in [-0.4, -0.2) is 22.5 Å². The number of amides is 2. The number of hydrogen-bond acceptors (Lipinski definition) is 4. The first-order valence-electron chi connectivity index (χ1n) is 5.96. The van der Waals surface area contributed by atoms with Gasteiger partial charge in [0.15, 0.2) is 11.5 Å². The molecule has 0 atom stereocenters. The Labute approximate surface area is 120 Å². The number of nitrogens with one attached hydrogen (secondary N) is 2. The minimum atomic E-state index is -0.912. The van der Waals surface area contributed by atoms with Crippen molar-refractivity contribution in [2.75, 3.05) is 0 Å². The van der Waals surface area contributed by atoms with Crippen molar-refractivity contribution in [2.45, 2.75) is 26.3 Å². The standard InChI is InChI=1S/C12H16FN5O3/c1-12(2,3)17-11(19)16-10(14)15-9-7(13)5-4-6-8(9)18(20)21/h4-6H,1-3H3,(H4,14,15,16,17,19). The van der Waals surface area contributed by atoms with E-state index >= 15 is 0 Å². The average Bonchev–Trinajstić information content (AvgIpc) is 2.28. The predicted molar refractivity (Wildman–Crippen MR) is 75.8 cm³/mol. The summed E-state index contributed by atoms with van der Waals surface area (Å²) in [4.78, 5) is 25.1. The largest absolute Gasteiger partial charge is 0.369 e. The Balaban J connectivity index is 2.98. The molecule has 1 aromatic carbocycles. The minimum absolute atomic E-state index is 0.454. The average molecular weight is 297 g/mol. The number of carbonyl (C=O) groups excluding carboxylic acids is 1. The van der Waals surface area contributed by atoms with E-state index in [4.69, 9.17) is 5.73 Å². The van der Waals surface area contributed by atoms with E-state index in [0.29, 0.717) is 0 Å². The predicted octanol–water partition coefficient (Wildman–Crippen LogP) is 1.78. The molecule has 8 nitrogen and oxygen atoms in total. The zero-order valence-electron chi connectivity index (χ0n) is 11.8. The fourth-order valence-corrected chi connectivity index (χ4v) is 1.40. The Morgan fingerprint density at radius 2 is 2.05 bits per heavy atom. The van der Waals surface area contributed by atoms with Crippen LogP contribution in [0.4, 0.5) is 20.6 Å². The van der Waals surface area contributed by atoms with Crippen LogP contribution in [-0.2, 0) is 0 Å². The van der Waals surface area contributed by atoms with Gasteiger partial charge in [0, 0.05) is 11.6 Å². The third kappa shape index (κ3) is 5.05. The van der Waals surface area contributed by atoms with Crippen LogP contribution in [0.5, 0.6) is 0 Å². The summed E-state index contributed by atoms with van der Waals surface area (Å²) in [6, 6.07) is 2.63. The number of nitro benzene ring substituents is 1. The Kier molecular flexibility index (Phi) is 4.79. The van der Waals surface area contributed by atoms with Crippen molar-refractivity contribution in [1.29, 1.82) is 0 Å². The van der Waals surface area contributed by atoms with E-state index < -0.39 is 39.6 Å². The third-order valence-corrected chi connectivity index (χ3v) is 2.12. The molecule has 0 unspecified atom stereocenters. The van der Waals surface area contributed by atoms with Crippen molar-refractivity contribution in [3.63, 3.8) is 0 Å². The highest BCUT2D eigenvalue weighted by Gasteiger charge is 2.19. The van der Waals surface area contributed by atoms with Crippen LogP contribution in [0.2, 0.25) is 0 Å². The SMILES string of the molecule is CC(C)(C)NC(=O)NC(N)=Nc1c(F)cccc1[N+](=O)[O-]. The summed E-state index contributed by atoms with van der Waals surface area (Å²) in [5, 5.41) is 15.5. The van der Waals surface area contributed by atoms with Gasteiger partial charge >= 0.3 is 6.03 Å². The van der Waals surface area contributed by atoms with Crippen molar-refractivity contribution in [3.8, 4) is 0 Å². The molecule has 1 aromatic rings. The second kappa shape index (κ2) is 6.16. The number of urea groups is 1. The number of halogens is 1. The van der Waals surface area contributed by atoms with Crippen LogP contribution < -0.4 is 16.4 Å². The molecule has 0 aliphatic heterocycles. The smallest absolute Gasteiger partial charge is 0.321 e. The first kappa shape index (κ1) is 16.3. The van der Waals surface area contributed by atoms with Gasteiger partial charge in [-0.05, 0) is 26.8 Å². The molecule has 0 saturated carbocycles. The van der Waals surface area contributed by atoms with Gasteiger partial charge in [-0.2, -0.15) is 0 Å². The van der Waals surface area contributed by atoms with Crippen LogP contribution in [0.1, 0.15) is 20.8 Å². The molecule has 0 fully saturated rings. The molecule has 4 N–H and O–H groups in total. The Morgan fingerprint density at radius 1 is 1.43 bits per heavy atom. The Bertz CT molecular complexity index is 595. The van der Waals surface area contributed by atoms with Gasteiger partial charge in [-0.1, -0.05) is 6.07 Å². The van der Waals surface area contributed by atoms with Gasteiger partial charge in [0.2, 0.25) is 5.96 Å². The quantitative estimate of drug-likeness (QED) is 0.333. The molecule has 0 bridgehead atoms. The zero-order valence-corrected chi connectivity index (χ0v) is 11.8. The van der Waals surface area contributed by atoms with E-state index in [1.165, 1.54) is 6.07 Å². The number of nitro groups is 1. The lowest BCUT2D eigenvalue weighted by atomic mass is 10.1. The molecule has 1 rings (SSSR count). The summed E-state index contributed by atoms with van der Waals surface area (Å²) in [5.74, 6) is -1.37. The summed E-state index contributed by atoms with van der Waals surface area (Å²) in [6.45, 7) is 5.25. The molecule has 0 saturated heterocycles. The van der Waals surface area contributed by atoms with Gasteiger partial charge in [-0.3, -0.25) is 15.4 Å². The topological polar surface area (TPSA) is 123 Å². The molecule has 0 spiro atoms. The van der Waals surface area contributed by atoms with E-state index in [2.05, 4.69) is 15.6 Å². The minimum Gasteiger partial charge on any atom is -0.369 e. The Hall–Kier alpha value is -2.71. The van der Waals surface area contributed by atoms with Crippen LogP contribution >= 0.6 is 0 Å². The normalized spacial score (nSPS) is 11.9. The molecule has 21 heavy (non-hydrogen) atoms. The lowest BCUT2D eigenvalue weighted by molar-refractivity contribution is -0.384. The molecule has 0 aromatic heterocycles. The lowest BCUT2D eigenvalue weighted by Crippen LogP contribution is -2.50. The molecule has 0 aliphatic rings. The van der Waals surface area contributed by atoms with Crippen LogP contribution in [0, 0.1) is 15.9 Å². The maximum Gasteiger partial charge on any atom is 0.321 e. The highest BCUT2D eigenvalue weighted by Crippen LogP contribution is 2.29. The number of nitrogens with zero attached hydrogens (tertiary/aromatic N) is 2. The summed E-state index contributed by atoms with van der Waals surface area (Å²) >= 11 is 0. The van der Waals surface area contributed by atoms with E-state index in [9.17, 15) is 19.3 Å². The zero-order chi connectivity index (χ0) is 16.2. The van der Waals surface area contributed by atoms with E-state index in [1.54, 1.807) is 20.8 Å². The number of para-hydroxylation sites is 1. The molecule has 114 valence electrons. The van der Waals surface area contributed by atoms with Crippen molar-refractivity contribution in [3.05, 3.63) is 34.1 Å².